The van der Waals surface area contributed by atoms with E-state index in [-0.39, 0.29) is 23.4 Å². The van der Waals surface area contributed by atoms with Crippen molar-refractivity contribution < 1.29 is 24.1 Å². The Bertz CT molecular complexity index is 973. The van der Waals surface area contributed by atoms with E-state index in [1.54, 1.807) is 24.3 Å². The number of amides is 1. The Kier molecular flexibility index (Phi) is 6.20. The zero-order chi connectivity index (χ0) is 22.0. The van der Waals surface area contributed by atoms with Crippen LogP contribution in [0.3, 0.4) is 0 Å². The van der Waals surface area contributed by atoms with E-state index in [4.69, 9.17) is 15.2 Å². The number of hydrogen-bond acceptors (Lipinski definition) is 6. The fourth-order valence-electron chi connectivity index (χ4n) is 4.58. The zero-order valence-electron chi connectivity index (χ0n) is 17.5. The molecule has 1 aromatic carbocycles. The van der Waals surface area contributed by atoms with E-state index in [9.17, 15) is 14.8 Å². The number of hydroxylamine groups is 1. The minimum Gasteiger partial charge on any atom is -0.628 e. The van der Waals surface area contributed by atoms with Crippen molar-refractivity contribution in [2.75, 3.05) is 6.61 Å². The molecule has 4 rings (SSSR count). The SMILES string of the molecule is CCOc1ccc(C(CC(N)=O)C2C(=O)c3cnccc3[NH+]2[O-])cc1OC1CCCC1. The number of ketones is 1. The van der Waals surface area contributed by atoms with Gasteiger partial charge in [-0.2, -0.15) is 0 Å². The highest BCUT2D eigenvalue weighted by Crippen LogP contribution is 2.37. The highest BCUT2D eigenvalue weighted by atomic mass is 16.5. The number of fused-ring (bicyclic) bond motifs is 1. The molecule has 0 saturated heterocycles. The van der Waals surface area contributed by atoms with E-state index < -0.39 is 17.9 Å². The predicted molar refractivity (Wildman–Crippen MR) is 113 cm³/mol. The molecule has 2 heterocycles. The van der Waals surface area contributed by atoms with E-state index in [0.29, 0.717) is 34.9 Å². The van der Waals surface area contributed by atoms with Crippen LogP contribution in [0.4, 0.5) is 5.69 Å². The largest absolute Gasteiger partial charge is 0.628 e. The van der Waals surface area contributed by atoms with E-state index in [0.717, 1.165) is 25.7 Å². The van der Waals surface area contributed by atoms with Crippen LogP contribution in [0.2, 0.25) is 0 Å². The Hall–Kier alpha value is -2.97. The highest BCUT2D eigenvalue weighted by Gasteiger charge is 2.45. The van der Waals surface area contributed by atoms with Crippen LogP contribution in [0.15, 0.2) is 36.7 Å². The summed E-state index contributed by atoms with van der Waals surface area (Å²) in [6.45, 7) is 2.37. The highest BCUT2D eigenvalue weighted by molar-refractivity contribution is 6.05. The van der Waals surface area contributed by atoms with Gasteiger partial charge in [-0.15, -0.1) is 0 Å². The van der Waals surface area contributed by atoms with E-state index in [1.807, 2.05) is 6.92 Å². The quantitative estimate of drug-likeness (QED) is 0.625. The van der Waals surface area contributed by atoms with Gasteiger partial charge < -0.3 is 25.5 Å². The molecule has 8 nitrogen and oxygen atoms in total. The molecule has 1 aliphatic carbocycles. The molecule has 2 aliphatic rings. The minimum atomic E-state index is -1.01. The topological polar surface area (TPSA) is 119 Å². The molecule has 1 saturated carbocycles. The average Bonchev–Trinajstić information content (AvgIpc) is 3.35. The smallest absolute Gasteiger partial charge is 0.228 e. The summed E-state index contributed by atoms with van der Waals surface area (Å²) < 4.78 is 11.9. The molecule has 1 aromatic heterocycles. The standard InChI is InChI=1S/C23H27N3O5/c1-2-30-19-8-7-14(11-20(19)31-15-5-3-4-6-15)16(12-21(24)27)22-23(28)17-13-25-10-9-18(17)26(22)29/h7-11,13,15-16,22,26H,2-6,12H2,1H3,(H2,24,27). The summed E-state index contributed by atoms with van der Waals surface area (Å²) in [5.41, 5.74) is 6.80. The van der Waals surface area contributed by atoms with Crippen molar-refractivity contribution in [1.82, 2.24) is 4.98 Å². The van der Waals surface area contributed by atoms with Crippen LogP contribution in [0, 0.1) is 5.21 Å². The lowest BCUT2D eigenvalue weighted by atomic mass is 9.86. The number of ether oxygens (including phenoxy) is 2. The summed E-state index contributed by atoms with van der Waals surface area (Å²) in [5.74, 6) is -0.421. The molecule has 3 atom stereocenters. The Balaban J connectivity index is 1.71. The second-order valence-corrected chi connectivity index (χ2v) is 8.07. The van der Waals surface area contributed by atoms with Crippen molar-refractivity contribution in [1.29, 1.82) is 0 Å². The molecule has 1 fully saturated rings. The number of pyridine rings is 1. The molecule has 0 spiro atoms. The van der Waals surface area contributed by atoms with E-state index in [2.05, 4.69) is 4.98 Å². The van der Waals surface area contributed by atoms with Gasteiger partial charge in [0.1, 0.15) is 11.3 Å². The van der Waals surface area contributed by atoms with Gasteiger partial charge in [0, 0.05) is 24.9 Å². The number of carbonyl (C=O) groups is 2. The summed E-state index contributed by atoms with van der Waals surface area (Å²) >= 11 is 0. The molecule has 1 amide bonds. The third-order valence-electron chi connectivity index (χ3n) is 6.03. The third kappa shape index (κ3) is 4.26. The van der Waals surface area contributed by atoms with Gasteiger partial charge in [0.25, 0.3) is 0 Å². The molecule has 0 bridgehead atoms. The average molecular weight is 425 g/mol. The van der Waals surface area contributed by atoms with Gasteiger partial charge in [-0.1, -0.05) is 6.07 Å². The van der Waals surface area contributed by atoms with E-state index >= 15 is 0 Å². The normalized spacial score (nSPS) is 21.7. The number of benzene rings is 1. The first-order valence-electron chi connectivity index (χ1n) is 10.7. The van der Waals surface area contributed by atoms with Gasteiger partial charge in [-0.05, 0) is 50.3 Å². The first-order valence-corrected chi connectivity index (χ1v) is 10.7. The molecule has 8 heteroatoms. The number of carbonyl (C=O) groups excluding carboxylic acids is 2. The maximum absolute atomic E-state index is 13.1. The van der Waals surface area contributed by atoms with Gasteiger partial charge in [-0.3, -0.25) is 14.6 Å². The van der Waals surface area contributed by atoms with Crippen molar-refractivity contribution in [3.05, 3.63) is 53.0 Å². The van der Waals surface area contributed by atoms with Crippen LogP contribution in [0.1, 0.15) is 60.9 Å². The van der Waals surface area contributed by atoms with Gasteiger partial charge in [-0.25, -0.2) is 0 Å². The van der Waals surface area contributed by atoms with Gasteiger partial charge in [0.15, 0.2) is 17.5 Å². The van der Waals surface area contributed by atoms with Gasteiger partial charge in [0.2, 0.25) is 11.7 Å². The number of primary amides is 1. The predicted octanol–water partition coefficient (Wildman–Crippen LogP) is 2.04. The summed E-state index contributed by atoms with van der Waals surface area (Å²) in [7, 11) is 0. The number of nitrogens with zero attached hydrogens (tertiary/aromatic N) is 1. The Morgan fingerprint density at radius 3 is 2.74 bits per heavy atom. The number of Topliss-reactive ketones (excluding diaryl/α,β-unsaturated/α-hetero) is 1. The first kappa shape index (κ1) is 21.3. The Morgan fingerprint density at radius 1 is 1.29 bits per heavy atom. The molecule has 2 aromatic rings. The summed E-state index contributed by atoms with van der Waals surface area (Å²) in [5, 5.41) is 12.8. The number of nitrogens with one attached hydrogen (secondary N) is 1. The number of nitrogens with two attached hydrogens (primary N) is 1. The molecular formula is C23H27N3O5. The maximum atomic E-state index is 13.1. The van der Waals surface area contributed by atoms with Crippen molar-refractivity contribution >= 4 is 17.4 Å². The molecule has 31 heavy (non-hydrogen) atoms. The van der Waals surface area contributed by atoms with Crippen molar-refractivity contribution in [2.45, 2.75) is 57.1 Å². The monoisotopic (exact) mass is 425 g/mol. The van der Waals surface area contributed by atoms with Gasteiger partial charge in [0.05, 0.1) is 18.6 Å². The number of quaternary nitrogens is 1. The van der Waals surface area contributed by atoms with Crippen molar-refractivity contribution in [2.24, 2.45) is 5.73 Å². The van der Waals surface area contributed by atoms with E-state index in [1.165, 1.54) is 12.4 Å². The zero-order valence-corrected chi connectivity index (χ0v) is 17.5. The maximum Gasteiger partial charge on any atom is 0.228 e. The summed E-state index contributed by atoms with van der Waals surface area (Å²) in [6.07, 6.45) is 7.06. The molecule has 0 radical (unpaired) electrons. The lowest BCUT2D eigenvalue weighted by Crippen LogP contribution is -3.06. The van der Waals surface area contributed by atoms with Crippen LogP contribution < -0.4 is 20.3 Å². The third-order valence-corrected chi connectivity index (χ3v) is 6.03. The lowest BCUT2D eigenvalue weighted by Gasteiger charge is -2.30. The number of rotatable bonds is 8. The van der Waals surface area contributed by atoms with Crippen LogP contribution in [-0.2, 0) is 4.79 Å². The van der Waals surface area contributed by atoms with Crippen LogP contribution in [0.5, 0.6) is 11.5 Å². The number of aromatic nitrogens is 1. The molecule has 1 aliphatic heterocycles. The molecule has 3 N–H and O–H groups in total. The molecule has 3 unspecified atom stereocenters. The first-order chi connectivity index (χ1) is 15.0. The minimum absolute atomic E-state index is 0.106. The lowest BCUT2D eigenvalue weighted by molar-refractivity contribution is -0.792. The second-order valence-electron chi connectivity index (χ2n) is 8.07. The fourth-order valence-corrected chi connectivity index (χ4v) is 4.58. The number of hydrogen-bond donors (Lipinski definition) is 2. The fraction of sp³-hybridized carbons (Fsp3) is 0.435. The molecule has 164 valence electrons. The van der Waals surface area contributed by atoms with Crippen LogP contribution in [-0.4, -0.2) is 35.4 Å². The Morgan fingerprint density at radius 2 is 2.06 bits per heavy atom. The molecular weight excluding hydrogens is 398 g/mol. The summed E-state index contributed by atoms with van der Waals surface area (Å²) in [6, 6.07) is 5.88. The van der Waals surface area contributed by atoms with Crippen molar-refractivity contribution in [3.8, 4) is 11.5 Å². The second kappa shape index (κ2) is 9.03. The summed E-state index contributed by atoms with van der Waals surface area (Å²) in [4.78, 5) is 28.9. The van der Waals surface area contributed by atoms with Crippen molar-refractivity contribution in [3.63, 3.8) is 0 Å². The Labute approximate surface area is 180 Å². The van der Waals surface area contributed by atoms with Gasteiger partial charge >= 0.3 is 0 Å². The van der Waals surface area contributed by atoms with Crippen LogP contribution >= 0.6 is 0 Å². The van der Waals surface area contributed by atoms with Crippen LogP contribution in [0.25, 0.3) is 0 Å².